The van der Waals surface area contributed by atoms with Crippen molar-refractivity contribution in [2.45, 2.75) is 20.4 Å². The molecule has 0 aliphatic rings. The minimum absolute atomic E-state index is 0.565. The molecule has 4 heteroatoms. The first-order valence-electron chi connectivity index (χ1n) is 6.15. The SMILES string of the molecule is CC(C)Cn1cnc2cnc3cccc(N)c3c21. The Morgan fingerprint density at radius 1 is 1.22 bits per heavy atom. The predicted molar refractivity (Wildman–Crippen MR) is 74.3 cm³/mol. The zero-order valence-corrected chi connectivity index (χ0v) is 10.6. The molecule has 3 rings (SSSR count). The van der Waals surface area contributed by atoms with Gasteiger partial charge in [0.25, 0.3) is 0 Å². The number of nitrogen functional groups attached to an aromatic ring is 1. The predicted octanol–water partition coefficient (Wildman–Crippen LogP) is 2.82. The molecule has 2 heterocycles. The van der Waals surface area contributed by atoms with Gasteiger partial charge in [-0.15, -0.1) is 0 Å². The van der Waals surface area contributed by atoms with Gasteiger partial charge in [0, 0.05) is 17.6 Å². The van der Waals surface area contributed by atoms with Crippen molar-refractivity contribution in [3.63, 3.8) is 0 Å². The number of nitrogens with two attached hydrogens (primary N) is 1. The summed E-state index contributed by atoms with van der Waals surface area (Å²) in [5.41, 5.74) is 9.78. The molecule has 0 unspecified atom stereocenters. The number of aromatic nitrogens is 3. The van der Waals surface area contributed by atoms with Crippen LogP contribution in [0.25, 0.3) is 21.9 Å². The van der Waals surface area contributed by atoms with Gasteiger partial charge >= 0.3 is 0 Å². The first-order chi connectivity index (χ1) is 8.66. The fraction of sp³-hybridized carbons (Fsp3) is 0.286. The summed E-state index contributed by atoms with van der Waals surface area (Å²) in [6, 6.07) is 5.83. The van der Waals surface area contributed by atoms with Gasteiger partial charge in [-0.1, -0.05) is 19.9 Å². The van der Waals surface area contributed by atoms with E-state index in [-0.39, 0.29) is 0 Å². The molecule has 18 heavy (non-hydrogen) atoms. The highest BCUT2D eigenvalue weighted by Gasteiger charge is 2.11. The molecule has 0 fully saturated rings. The number of rotatable bonds is 2. The molecule has 0 aliphatic heterocycles. The van der Waals surface area contributed by atoms with E-state index >= 15 is 0 Å². The second-order valence-corrected chi connectivity index (χ2v) is 5.02. The molecule has 0 spiro atoms. The average molecular weight is 240 g/mol. The van der Waals surface area contributed by atoms with Gasteiger partial charge in [-0.05, 0) is 18.1 Å². The molecule has 0 amide bonds. The van der Waals surface area contributed by atoms with E-state index in [2.05, 4.69) is 28.4 Å². The van der Waals surface area contributed by atoms with Gasteiger partial charge in [0.1, 0.15) is 5.52 Å². The summed E-state index contributed by atoms with van der Waals surface area (Å²) in [5.74, 6) is 0.565. The van der Waals surface area contributed by atoms with Gasteiger partial charge in [0.2, 0.25) is 0 Å². The summed E-state index contributed by atoms with van der Waals surface area (Å²) >= 11 is 0. The average Bonchev–Trinajstić information content (AvgIpc) is 2.72. The largest absolute Gasteiger partial charge is 0.398 e. The highest BCUT2D eigenvalue weighted by molar-refractivity contribution is 6.08. The topological polar surface area (TPSA) is 56.7 Å². The van der Waals surface area contributed by atoms with Gasteiger partial charge in [-0.3, -0.25) is 4.98 Å². The molecule has 2 N–H and O–H groups in total. The molecule has 0 saturated carbocycles. The lowest BCUT2D eigenvalue weighted by atomic mass is 10.1. The van der Waals surface area contributed by atoms with Crippen LogP contribution in [-0.2, 0) is 6.54 Å². The van der Waals surface area contributed by atoms with Crippen LogP contribution < -0.4 is 5.73 Å². The van der Waals surface area contributed by atoms with Crippen LogP contribution in [0, 0.1) is 5.92 Å². The van der Waals surface area contributed by atoms with Crippen molar-refractivity contribution >= 4 is 27.6 Å². The molecule has 4 nitrogen and oxygen atoms in total. The van der Waals surface area contributed by atoms with Crippen molar-refractivity contribution in [1.82, 2.24) is 14.5 Å². The van der Waals surface area contributed by atoms with E-state index in [1.165, 1.54) is 0 Å². The van der Waals surface area contributed by atoms with Crippen LogP contribution in [0.5, 0.6) is 0 Å². The standard InChI is InChI=1S/C14H16N4/c1-9(2)7-18-8-17-12-6-16-11-5-3-4-10(15)13(11)14(12)18/h3-6,8-9H,7,15H2,1-2H3. The molecule has 92 valence electrons. The molecule has 2 aromatic heterocycles. The summed E-state index contributed by atoms with van der Waals surface area (Å²) < 4.78 is 2.17. The molecule has 0 aliphatic carbocycles. The van der Waals surface area contributed by atoms with Crippen molar-refractivity contribution in [1.29, 1.82) is 0 Å². The maximum Gasteiger partial charge on any atom is 0.107 e. The van der Waals surface area contributed by atoms with E-state index < -0.39 is 0 Å². The summed E-state index contributed by atoms with van der Waals surface area (Å²) in [5, 5.41) is 1.01. The van der Waals surface area contributed by atoms with Crippen LogP contribution in [0.15, 0.2) is 30.7 Å². The van der Waals surface area contributed by atoms with Crippen LogP contribution in [0.4, 0.5) is 5.69 Å². The minimum atomic E-state index is 0.565. The van der Waals surface area contributed by atoms with Gasteiger partial charge in [0.05, 0.1) is 23.6 Å². The molecule has 3 aromatic rings. The molecule has 0 saturated heterocycles. The molecule has 0 atom stereocenters. The van der Waals surface area contributed by atoms with E-state index in [4.69, 9.17) is 5.73 Å². The Labute approximate surface area is 105 Å². The summed E-state index contributed by atoms with van der Waals surface area (Å²) in [6.45, 7) is 5.32. The highest BCUT2D eigenvalue weighted by atomic mass is 15.1. The fourth-order valence-corrected chi connectivity index (χ4v) is 2.35. The van der Waals surface area contributed by atoms with E-state index in [9.17, 15) is 0 Å². The van der Waals surface area contributed by atoms with E-state index in [1.54, 1.807) is 0 Å². The third-order valence-electron chi connectivity index (χ3n) is 3.07. The number of fused-ring (bicyclic) bond motifs is 3. The second-order valence-electron chi connectivity index (χ2n) is 5.02. The zero-order chi connectivity index (χ0) is 12.7. The molecule has 0 radical (unpaired) electrons. The van der Waals surface area contributed by atoms with Crippen LogP contribution in [0.2, 0.25) is 0 Å². The molecule has 0 bridgehead atoms. The number of benzene rings is 1. The van der Waals surface area contributed by atoms with Crippen LogP contribution in [0.1, 0.15) is 13.8 Å². The number of hydrogen-bond donors (Lipinski definition) is 1. The maximum atomic E-state index is 6.10. The lowest BCUT2D eigenvalue weighted by Gasteiger charge is -2.10. The number of nitrogens with zero attached hydrogens (tertiary/aromatic N) is 3. The first-order valence-corrected chi connectivity index (χ1v) is 6.15. The first kappa shape index (κ1) is 11.0. The Morgan fingerprint density at radius 2 is 2.06 bits per heavy atom. The fourth-order valence-electron chi connectivity index (χ4n) is 2.35. The van der Waals surface area contributed by atoms with Crippen molar-refractivity contribution < 1.29 is 0 Å². The normalized spacial score (nSPS) is 11.7. The third-order valence-corrected chi connectivity index (χ3v) is 3.07. The van der Waals surface area contributed by atoms with Crippen molar-refractivity contribution in [3.05, 3.63) is 30.7 Å². The Hall–Kier alpha value is -2.10. The van der Waals surface area contributed by atoms with Gasteiger partial charge in [-0.2, -0.15) is 0 Å². The van der Waals surface area contributed by atoms with E-state index in [0.29, 0.717) is 5.92 Å². The third kappa shape index (κ3) is 1.61. The molecule has 1 aromatic carbocycles. The Bertz CT molecular complexity index is 712. The van der Waals surface area contributed by atoms with E-state index in [0.717, 1.165) is 34.2 Å². The van der Waals surface area contributed by atoms with Crippen molar-refractivity contribution in [2.24, 2.45) is 5.92 Å². The van der Waals surface area contributed by atoms with Crippen molar-refractivity contribution in [2.75, 3.05) is 5.73 Å². The molecular formula is C14H16N4. The summed E-state index contributed by atoms with van der Waals surface area (Å²) in [4.78, 5) is 8.81. The summed E-state index contributed by atoms with van der Waals surface area (Å²) in [7, 11) is 0. The van der Waals surface area contributed by atoms with Crippen LogP contribution in [0.3, 0.4) is 0 Å². The monoisotopic (exact) mass is 240 g/mol. The smallest absolute Gasteiger partial charge is 0.107 e. The van der Waals surface area contributed by atoms with Crippen molar-refractivity contribution in [3.8, 4) is 0 Å². The number of imidazole rings is 1. The van der Waals surface area contributed by atoms with Crippen LogP contribution >= 0.6 is 0 Å². The minimum Gasteiger partial charge on any atom is -0.398 e. The lowest BCUT2D eigenvalue weighted by molar-refractivity contribution is 0.533. The second kappa shape index (κ2) is 3.98. The van der Waals surface area contributed by atoms with Gasteiger partial charge < -0.3 is 10.3 Å². The zero-order valence-electron chi connectivity index (χ0n) is 10.6. The van der Waals surface area contributed by atoms with Crippen LogP contribution in [-0.4, -0.2) is 14.5 Å². The lowest BCUT2D eigenvalue weighted by Crippen LogP contribution is -2.03. The highest BCUT2D eigenvalue weighted by Crippen LogP contribution is 2.28. The Morgan fingerprint density at radius 3 is 2.83 bits per heavy atom. The summed E-state index contributed by atoms with van der Waals surface area (Å²) in [6.07, 6.45) is 3.69. The number of anilines is 1. The number of pyridine rings is 1. The quantitative estimate of drug-likeness (QED) is 0.701. The maximum absolute atomic E-state index is 6.10. The van der Waals surface area contributed by atoms with E-state index in [1.807, 2.05) is 30.7 Å². The Balaban J connectivity index is 2.40. The van der Waals surface area contributed by atoms with Gasteiger partial charge in [0.15, 0.2) is 0 Å². The van der Waals surface area contributed by atoms with Gasteiger partial charge in [-0.25, -0.2) is 4.98 Å². The molecular weight excluding hydrogens is 224 g/mol. The Kier molecular flexibility index (Phi) is 2.44. The number of hydrogen-bond acceptors (Lipinski definition) is 3.